The molecule has 0 unspecified atom stereocenters. The van der Waals surface area contributed by atoms with Crippen LogP contribution in [0, 0.1) is 6.92 Å². The smallest absolute Gasteiger partial charge is 0.0328 e. The molecular weight excluding hydrogens is 216 g/mol. The van der Waals surface area contributed by atoms with Crippen LogP contribution in [0.15, 0.2) is 12.1 Å². The largest absolute Gasteiger partial charge is 0.326 e. The predicted octanol–water partition coefficient (Wildman–Crippen LogP) is 2.01. The molecule has 0 spiro atoms. The van der Waals surface area contributed by atoms with Gasteiger partial charge in [0.1, 0.15) is 0 Å². The van der Waals surface area contributed by atoms with Gasteiger partial charge in [-0.3, -0.25) is 4.90 Å². The van der Waals surface area contributed by atoms with Crippen LogP contribution in [0.25, 0.3) is 0 Å². The van der Waals surface area contributed by atoms with E-state index in [1.54, 1.807) is 0 Å². The topological polar surface area (TPSA) is 29.3 Å². The molecule has 0 radical (unpaired) electrons. The maximum atomic E-state index is 5.85. The molecule has 1 atom stereocenters. The van der Waals surface area contributed by atoms with Gasteiger partial charge in [-0.05, 0) is 25.5 Å². The molecular formula is C10H17ClN2S. The van der Waals surface area contributed by atoms with Crippen molar-refractivity contribution in [2.75, 3.05) is 13.1 Å². The highest BCUT2D eigenvalue weighted by molar-refractivity contribution is 7.11. The molecule has 2 nitrogen and oxygen atoms in total. The predicted molar refractivity (Wildman–Crippen MR) is 64.2 cm³/mol. The van der Waals surface area contributed by atoms with E-state index in [1.807, 2.05) is 11.3 Å². The van der Waals surface area contributed by atoms with E-state index < -0.39 is 0 Å². The van der Waals surface area contributed by atoms with Crippen LogP contribution in [0.1, 0.15) is 16.2 Å². The van der Waals surface area contributed by atoms with Gasteiger partial charge >= 0.3 is 0 Å². The second-order valence-electron chi connectivity index (χ2n) is 3.80. The van der Waals surface area contributed by atoms with Crippen LogP contribution in [-0.2, 0) is 6.54 Å². The Morgan fingerprint density at radius 1 is 1.57 bits per heavy atom. The molecule has 0 amide bonds. The standard InChI is InChI=1S/C10H16N2S.ClH/c1-8-2-3-10(13-8)7-12-5-4-9(11)6-12;/h2-3,9H,4-7,11H2,1H3;1H/t9-;/m1./s1. The van der Waals surface area contributed by atoms with Crippen molar-refractivity contribution in [3.8, 4) is 0 Å². The van der Waals surface area contributed by atoms with Crippen LogP contribution in [0.5, 0.6) is 0 Å². The first-order valence-corrected chi connectivity index (χ1v) is 5.59. The van der Waals surface area contributed by atoms with Gasteiger partial charge in [-0.2, -0.15) is 0 Å². The van der Waals surface area contributed by atoms with E-state index in [0.717, 1.165) is 26.1 Å². The fourth-order valence-corrected chi connectivity index (χ4v) is 2.73. The SMILES string of the molecule is Cc1ccc(CN2CC[C@@H](N)C2)s1.Cl. The fraction of sp³-hybridized carbons (Fsp3) is 0.600. The molecule has 1 aromatic rings. The summed E-state index contributed by atoms with van der Waals surface area (Å²) in [5.74, 6) is 0. The van der Waals surface area contributed by atoms with E-state index in [9.17, 15) is 0 Å². The number of hydrogen-bond donors (Lipinski definition) is 1. The number of rotatable bonds is 2. The van der Waals surface area contributed by atoms with E-state index in [4.69, 9.17) is 5.73 Å². The lowest BCUT2D eigenvalue weighted by Gasteiger charge is -2.13. The molecule has 1 aromatic heterocycles. The Hall–Kier alpha value is -0.0900. The normalized spacial score (nSPS) is 22.3. The van der Waals surface area contributed by atoms with Crippen molar-refractivity contribution in [2.45, 2.75) is 25.9 Å². The highest BCUT2D eigenvalue weighted by Crippen LogP contribution is 2.19. The van der Waals surface area contributed by atoms with Gasteiger partial charge < -0.3 is 5.73 Å². The molecule has 1 aliphatic rings. The monoisotopic (exact) mass is 232 g/mol. The molecule has 0 saturated carbocycles. The molecule has 0 aliphatic carbocycles. The van der Waals surface area contributed by atoms with Gasteiger partial charge in [-0.1, -0.05) is 0 Å². The van der Waals surface area contributed by atoms with Gasteiger partial charge in [0.25, 0.3) is 0 Å². The zero-order valence-electron chi connectivity index (χ0n) is 8.40. The Bertz CT molecular complexity index is 287. The molecule has 1 fully saturated rings. The van der Waals surface area contributed by atoms with Crippen molar-refractivity contribution < 1.29 is 0 Å². The first-order chi connectivity index (χ1) is 6.24. The van der Waals surface area contributed by atoms with Crippen molar-refractivity contribution >= 4 is 23.7 Å². The third-order valence-corrected chi connectivity index (χ3v) is 3.47. The average Bonchev–Trinajstić information content (AvgIpc) is 2.62. The van der Waals surface area contributed by atoms with Crippen LogP contribution in [-0.4, -0.2) is 24.0 Å². The molecule has 2 heterocycles. The summed E-state index contributed by atoms with van der Waals surface area (Å²) in [6, 6.07) is 4.82. The number of halogens is 1. The fourth-order valence-electron chi connectivity index (χ4n) is 1.80. The molecule has 80 valence electrons. The summed E-state index contributed by atoms with van der Waals surface area (Å²) in [5.41, 5.74) is 5.85. The minimum atomic E-state index is 0. The number of likely N-dealkylation sites (tertiary alicyclic amines) is 1. The zero-order chi connectivity index (χ0) is 9.26. The molecule has 1 saturated heterocycles. The zero-order valence-corrected chi connectivity index (χ0v) is 10.0. The molecule has 2 rings (SSSR count). The quantitative estimate of drug-likeness (QED) is 0.846. The lowest BCUT2D eigenvalue weighted by molar-refractivity contribution is 0.330. The van der Waals surface area contributed by atoms with E-state index >= 15 is 0 Å². The van der Waals surface area contributed by atoms with E-state index in [-0.39, 0.29) is 12.4 Å². The Kier molecular flexibility index (Phi) is 4.38. The highest BCUT2D eigenvalue weighted by Gasteiger charge is 2.18. The Labute approximate surface area is 95.5 Å². The second kappa shape index (κ2) is 5.12. The minimum Gasteiger partial charge on any atom is -0.326 e. The highest BCUT2D eigenvalue weighted by atomic mass is 35.5. The van der Waals surface area contributed by atoms with E-state index in [1.165, 1.54) is 9.75 Å². The third-order valence-electron chi connectivity index (χ3n) is 2.48. The number of aryl methyl sites for hydroxylation is 1. The summed E-state index contributed by atoms with van der Waals surface area (Å²) in [5, 5.41) is 0. The lowest BCUT2D eigenvalue weighted by atomic mass is 10.3. The van der Waals surface area contributed by atoms with Crippen LogP contribution in [0.2, 0.25) is 0 Å². The van der Waals surface area contributed by atoms with Crippen molar-refractivity contribution in [3.05, 3.63) is 21.9 Å². The number of hydrogen-bond acceptors (Lipinski definition) is 3. The maximum Gasteiger partial charge on any atom is 0.0328 e. The number of thiophene rings is 1. The second-order valence-corrected chi connectivity index (χ2v) is 5.17. The Morgan fingerprint density at radius 3 is 2.86 bits per heavy atom. The average molecular weight is 233 g/mol. The first kappa shape index (κ1) is 12.0. The third kappa shape index (κ3) is 2.95. The summed E-state index contributed by atoms with van der Waals surface area (Å²) in [7, 11) is 0. The van der Waals surface area contributed by atoms with Gasteiger partial charge in [-0.15, -0.1) is 23.7 Å². The Morgan fingerprint density at radius 2 is 2.36 bits per heavy atom. The van der Waals surface area contributed by atoms with E-state index in [0.29, 0.717) is 6.04 Å². The number of nitrogens with two attached hydrogens (primary N) is 1. The molecule has 4 heteroatoms. The van der Waals surface area contributed by atoms with Crippen molar-refractivity contribution in [2.24, 2.45) is 5.73 Å². The summed E-state index contributed by atoms with van der Waals surface area (Å²) in [4.78, 5) is 5.31. The summed E-state index contributed by atoms with van der Waals surface area (Å²) >= 11 is 1.89. The summed E-state index contributed by atoms with van der Waals surface area (Å²) in [6.07, 6.45) is 1.16. The molecule has 14 heavy (non-hydrogen) atoms. The Balaban J connectivity index is 0.000000980. The van der Waals surface area contributed by atoms with Gasteiger partial charge in [0.2, 0.25) is 0 Å². The molecule has 0 aromatic carbocycles. The van der Waals surface area contributed by atoms with Crippen LogP contribution >= 0.6 is 23.7 Å². The van der Waals surface area contributed by atoms with Crippen molar-refractivity contribution in [1.29, 1.82) is 0 Å². The van der Waals surface area contributed by atoms with Crippen molar-refractivity contribution in [3.63, 3.8) is 0 Å². The summed E-state index contributed by atoms with van der Waals surface area (Å²) in [6.45, 7) is 5.48. The maximum absolute atomic E-state index is 5.85. The van der Waals surface area contributed by atoms with Gasteiger partial charge in [0.05, 0.1) is 0 Å². The number of nitrogens with zero attached hydrogens (tertiary/aromatic N) is 1. The van der Waals surface area contributed by atoms with Gasteiger partial charge in [-0.25, -0.2) is 0 Å². The van der Waals surface area contributed by atoms with E-state index in [2.05, 4.69) is 24.0 Å². The first-order valence-electron chi connectivity index (χ1n) is 4.77. The molecule has 2 N–H and O–H groups in total. The van der Waals surface area contributed by atoms with Crippen LogP contribution in [0.3, 0.4) is 0 Å². The molecule has 0 bridgehead atoms. The molecule has 1 aliphatic heterocycles. The summed E-state index contributed by atoms with van der Waals surface area (Å²) < 4.78 is 0. The van der Waals surface area contributed by atoms with Gasteiger partial charge in [0.15, 0.2) is 0 Å². The van der Waals surface area contributed by atoms with Crippen LogP contribution < -0.4 is 5.73 Å². The van der Waals surface area contributed by atoms with Crippen molar-refractivity contribution in [1.82, 2.24) is 4.90 Å². The van der Waals surface area contributed by atoms with Crippen LogP contribution in [0.4, 0.5) is 0 Å². The minimum absolute atomic E-state index is 0. The lowest BCUT2D eigenvalue weighted by Crippen LogP contribution is -2.25. The van der Waals surface area contributed by atoms with Gasteiger partial charge in [0, 0.05) is 35.4 Å².